The normalized spacial score (nSPS) is 4.50. The second kappa shape index (κ2) is 13.1. The fourth-order valence-corrected chi connectivity index (χ4v) is 0. The topological polar surface area (TPSA) is 77.8 Å². The van der Waals surface area contributed by atoms with Crippen molar-refractivity contribution in [2.45, 2.75) is 0 Å². The van der Waals surface area contributed by atoms with Gasteiger partial charge in [0.2, 0.25) is 0 Å². The van der Waals surface area contributed by atoms with E-state index in [4.69, 9.17) is 5.11 Å². The zero-order valence-electron chi connectivity index (χ0n) is 2.23. The molecule has 28 valence electrons. The van der Waals surface area contributed by atoms with Crippen LogP contribution in [0.1, 0.15) is 0 Å². The average Bonchev–Trinajstić information content (AvgIpc) is 0.918. The second-order valence-corrected chi connectivity index (χ2v) is 0.183. The molecule has 0 radical (unpaired) electrons. The molecule has 0 heterocycles. The lowest BCUT2D eigenvalue weighted by Crippen LogP contribution is -1.92. The quantitative estimate of drug-likeness (QED) is 0.322. The van der Waals surface area contributed by atoms with Crippen LogP contribution in [0.3, 0.4) is 0 Å². The summed E-state index contributed by atoms with van der Waals surface area (Å²) in [6.45, 7) is -0.250. The lowest BCUT2D eigenvalue weighted by Gasteiger charge is -1.56. The van der Waals surface area contributed by atoms with Gasteiger partial charge in [0, 0.05) is 0 Å². The Morgan fingerprint density at radius 1 is 1.75 bits per heavy atom. The van der Waals surface area contributed by atoms with E-state index in [1.165, 1.54) is 0 Å². The molecule has 4 heavy (non-hydrogen) atoms. The molecule has 3 nitrogen and oxygen atoms in total. The van der Waals surface area contributed by atoms with E-state index in [0.717, 1.165) is 0 Å². The van der Waals surface area contributed by atoms with Crippen LogP contribution in [0.4, 0.5) is 0 Å². The van der Waals surface area contributed by atoms with Gasteiger partial charge in [-0.1, -0.05) is 0 Å². The standard InChI is InChI=1S/CH5NO.H2O/c2-1-3;/h3H,1-2H2;1H2. The third-order valence-electron chi connectivity index (χ3n) is 0. The highest BCUT2D eigenvalue weighted by molar-refractivity contribution is 3.76. The third kappa shape index (κ3) is 101. The van der Waals surface area contributed by atoms with Crippen molar-refractivity contribution in [3.63, 3.8) is 0 Å². The highest BCUT2D eigenvalue weighted by atomic mass is 16.3. The molecule has 0 aromatic carbocycles. The molecule has 3 heteroatoms. The Morgan fingerprint density at radius 3 is 1.75 bits per heavy atom. The van der Waals surface area contributed by atoms with Gasteiger partial charge in [0.05, 0.1) is 6.73 Å². The SMILES string of the molecule is NCO.O. The summed E-state index contributed by atoms with van der Waals surface area (Å²) in [4.78, 5) is 0. The van der Waals surface area contributed by atoms with Crippen molar-refractivity contribution in [1.82, 2.24) is 0 Å². The molecule has 0 unspecified atom stereocenters. The fourth-order valence-electron chi connectivity index (χ4n) is 0. The van der Waals surface area contributed by atoms with Crippen molar-refractivity contribution in [1.29, 1.82) is 0 Å². The summed E-state index contributed by atoms with van der Waals surface area (Å²) in [5, 5.41) is 7.35. The summed E-state index contributed by atoms with van der Waals surface area (Å²) in [7, 11) is 0. The van der Waals surface area contributed by atoms with Crippen molar-refractivity contribution < 1.29 is 10.6 Å². The number of aliphatic hydroxyl groups is 1. The summed E-state index contributed by atoms with van der Waals surface area (Å²) in [6, 6.07) is 0. The van der Waals surface area contributed by atoms with E-state index in [1.54, 1.807) is 0 Å². The molecule has 0 aromatic heterocycles. The molecule has 0 aromatic rings. The first-order valence-electron chi connectivity index (χ1n) is 0.724. The Bertz CT molecular complexity index is 6.00. The van der Waals surface area contributed by atoms with Gasteiger partial charge in [-0.25, -0.2) is 0 Å². The van der Waals surface area contributed by atoms with Crippen LogP contribution in [-0.2, 0) is 0 Å². The number of hydrogen-bond acceptors (Lipinski definition) is 2. The molecule has 0 amide bonds. The van der Waals surface area contributed by atoms with E-state index in [0.29, 0.717) is 0 Å². The minimum atomic E-state index is -0.250. The predicted molar refractivity (Wildman–Crippen MR) is 14.9 cm³/mol. The van der Waals surface area contributed by atoms with Gasteiger partial charge >= 0.3 is 0 Å². The summed E-state index contributed by atoms with van der Waals surface area (Å²) < 4.78 is 0. The van der Waals surface area contributed by atoms with Gasteiger partial charge in [-0.2, -0.15) is 0 Å². The number of nitrogens with two attached hydrogens (primary N) is 1. The van der Waals surface area contributed by atoms with Crippen LogP contribution in [0.2, 0.25) is 0 Å². The van der Waals surface area contributed by atoms with Crippen LogP contribution < -0.4 is 5.73 Å². The summed E-state index contributed by atoms with van der Waals surface area (Å²) in [5.74, 6) is 0. The van der Waals surface area contributed by atoms with Crippen LogP contribution in [-0.4, -0.2) is 17.3 Å². The highest BCUT2D eigenvalue weighted by Crippen LogP contribution is 1.04. The Hall–Kier alpha value is -0.120. The minimum absolute atomic E-state index is 0. The number of hydrogen-bond donors (Lipinski definition) is 2. The van der Waals surface area contributed by atoms with E-state index in [-0.39, 0.29) is 12.2 Å². The number of rotatable bonds is 0. The fraction of sp³-hybridized carbons (Fsp3) is 1.00. The zero-order chi connectivity index (χ0) is 2.71. The molecule has 0 aliphatic rings. The molecular formula is CH7NO2. The predicted octanol–water partition coefficient (Wildman–Crippen LogP) is -1.93. The van der Waals surface area contributed by atoms with E-state index in [9.17, 15) is 0 Å². The Morgan fingerprint density at radius 2 is 1.75 bits per heavy atom. The van der Waals surface area contributed by atoms with Gasteiger partial charge in [-0.05, 0) is 0 Å². The molecule has 0 saturated heterocycles. The molecule has 0 saturated carbocycles. The maximum absolute atomic E-state index is 7.35. The van der Waals surface area contributed by atoms with Gasteiger partial charge in [0.1, 0.15) is 0 Å². The molecular weight excluding hydrogens is 58.0 g/mol. The average molecular weight is 65.1 g/mol. The lowest BCUT2D eigenvalue weighted by molar-refractivity contribution is 0.307. The molecule has 0 fully saturated rings. The number of aliphatic hydroxyl groups excluding tert-OH is 1. The minimum Gasteiger partial charge on any atom is -0.412 e. The van der Waals surface area contributed by atoms with Crippen molar-refractivity contribution in [3.05, 3.63) is 0 Å². The molecule has 0 aliphatic heterocycles. The molecule has 5 N–H and O–H groups in total. The van der Waals surface area contributed by atoms with Crippen molar-refractivity contribution in [2.24, 2.45) is 5.73 Å². The third-order valence-corrected chi connectivity index (χ3v) is 0. The second-order valence-electron chi connectivity index (χ2n) is 0.183. The molecule has 0 atom stereocenters. The van der Waals surface area contributed by atoms with Crippen LogP contribution in [0.25, 0.3) is 0 Å². The van der Waals surface area contributed by atoms with Gasteiger partial charge in [0.15, 0.2) is 0 Å². The van der Waals surface area contributed by atoms with Crippen LogP contribution in [0, 0.1) is 0 Å². The van der Waals surface area contributed by atoms with Crippen LogP contribution >= 0.6 is 0 Å². The Balaban J connectivity index is 0. The molecule has 0 aliphatic carbocycles. The highest BCUT2D eigenvalue weighted by Gasteiger charge is 1.30. The first kappa shape index (κ1) is 9.11. The Labute approximate surface area is 24.4 Å². The van der Waals surface area contributed by atoms with Crippen LogP contribution in [0.5, 0.6) is 0 Å². The van der Waals surface area contributed by atoms with Gasteiger partial charge in [-0.15, -0.1) is 0 Å². The monoisotopic (exact) mass is 65.0 g/mol. The van der Waals surface area contributed by atoms with Crippen molar-refractivity contribution >= 4 is 0 Å². The smallest absolute Gasteiger partial charge is 0.0906 e. The van der Waals surface area contributed by atoms with E-state index in [1.807, 2.05) is 0 Å². The maximum atomic E-state index is 7.35. The first-order chi connectivity index (χ1) is 1.41. The van der Waals surface area contributed by atoms with E-state index >= 15 is 0 Å². The van der Waals surface area contributed by atoms with E-state index in [2.05, 4.69) is 5.73 Å². The maximum Gasteiger partial charge on any atom is 0.0906 e. The summed E-state index contributed by atoms with van der Waals surface area (Å²) >= 11 is 0. The Kier molecular flexibility index (Phi) is 29.9. The molecule has 0 rings (SSSR count). The van der Waals surface area contributed by atoms with Gasteiger partial charge in [0.25, 0.3) is 0 Å². The molecule has 0 spiro atoms. The van der Waals surface area contributed by atoms with Gasteiger partial charge in [-0.3, -0.25) is 0 Å². The largest absolute Gasteiger partial charge is 0.412 e. The lowest BCUT2D eigenvalue weighted by atomic mass is 11.4. The van der Waals surface area contributed by atoms with E-state index < -0.39 is 0 Å². The zero-order valence-corrected chi connectivity index (χ0v) is 2.23. The van der Waals surface area contributed by atoms with Crippen molar-refractivity contribution in [2.75, 3.05) is 6.73 Å². The van der Waals surface area contributed by atoms with Crippen LogP contribution in [0.15, 0.2) is 0 Å². The summed E-state index contributed by atoms with van der Waals surface area (Å²) in [6.07, 6.45) is 0. The summed E-state index contributed by atoms with van der Waals surface area (Å²) in [5.41, 5.74) is 4.40. The first-order valence-corrected chi connectivity index (χ1v) is 0.724. The van der Waals surface area contributed by atoms with Gasteiger partial charge < -0.3 is 16.3 Å². The molecule has 0 bridgehead atoms. The van der Waals surface area contributed by atoms with Crippen molar-refractivity contribution in [3.8, 4) is 0 Å².